The fourth-order valence-corrected chi connectivity index (χ4v) is 1.28. The van der Waals surface area contributed by atoms with E-state index in [2.05, 4.69) is 25.3 Å². The van der Waals surface area contributed by atoms with Crippen LogP contribution in [0.25, 0.3) is 0 Å². The standard InChI is InChI=1S/C11H11N5O/c1-8-4-9(16-7-15-8)5-14-11(17)10-6-12-2-3-13-10/h2-4,6-7H,5H2,1H3,(H,14,17). The first-order chi connectivity index (χ1) is 8.25. The van der Waals surface area contributed by atoms with E-state index in [4.69, 9.17) is 0 Å². The van der Waals surface area contributed by atoms with Gasteiger partial charge in [-0.15, -0.1) is 0 Å². The Morgan fingerprint density at radius 3 is 2.88 bits per heavy atom. The van der Waals surface area contributed by atoms with Gasteiger partial charge in [0.1, 0.15) is 12.0 Å². The molecule has 2 aromatic heterocycles. The molecule has 0 unspecified atom stereocenters. The van der Waals surface area contributed by atoms with Crippen molar-refractivity contribution in [1.82, 2.24) is 25.3 Å². The van der Waals surface area contributed by atoms with E-state index in [1.807, 2.05) is 13.0 Å². The third kappa shape index (κ3) is 3.04. The summed E-state index contributed by atoms with van der Waals surface area (Å²) >= 11 is 0. The van der Waals surface area contributed by atoms with Crippen molar-refractivity contribution in [2.45, 2.75) is 13.5 Å². The minimum atomic E-state index is -0.269. The van der Waals surface area contributed by atoms with Crippen LogP contribution in [0.1, 0.15) is 21.9 Å². The average molecular weight is 229 g/mol. The fourth-order valence-electron chi connectivity index (χ4n) is 1.28. The second-order valence-electron chi connectivity index (χ2n) is 3.42. The second kappa shape index (κ2) is 5.11. The van der Waals surface area contributed by atoms with Crippen LogP contribution < -0.4 is 5.32 Å². The highest BCUT2D eigenvalue weighted by Crippen LogP contribution is 1.97. The molecule has 0 aliphatic rings. The smallest absolute Gasteiger partial charge is 0.271 e. The van der Waals surface area contributed by atoms with Crippen molar-refractivity contribution < 1.29 is 4.79 Å². The van der Waals surface area contributed by atoms with E-state index in [0.717, 1.165) is 11.4 Å². The Morgan fingerprint density at radius 1 is 1.29 bits per heavy atom. The zero-order chi connectivity index (χ0) is 12.1. The van der Waals surface area contributed by atoms with Crippen LogP contribution in [0.15, 0.2) is 31.0 Å². The molecule has 0 atom stereocenters. The highest BCUT2D eigenvalue weighted by Gasteiger charge is 2.06. The van der Waals surface area contributed by atoms with E-state index in [1.54, 1.807) is 0 Å². The number of hydrogen-bond acceptors (Lipinski definition) is 5. The third-order valence-electron chi connectivity index (χ3n) is 2.09. The lowest BCUT2D eigenvalue weighted by Crippen LogP contribution is -2.24. The lowest BCUT2D eigenvalue weighted by atomic mass is 10.3. The zero-order valence-corrected chi connectivity index (χ0v) is 9.29. The molecule has 17 heavy (non-hydrogen) atoms. The molecule has 0 saturated heterocycles. The molecule has 1 N–H and O–H groups in total. The van der Waals surface area contributed by atoms with E-state index in [1.165, 1.54) is 24.9 Å². The largest absolute Gasteiger partial charge is 0.345 e. The summed E-state index contributed by atoms with van der Waals surface area (Å²) in [6.07, 6.45) is 5.88. The first-order valence-corrected chi connectivity index (χ1v) is 5.07. The first kappa shape index (κ1) is 11.1. The molecule has 2 heterocycles. The van der Waals surface area contributed by atoms with E-state index in [9.17, 15) is 4.79 Å². The van der Waals surface area contributed by atoms with Crippen LogP contribution in [0, 0.1) is 6.92 Å². The predicted molar refractivity (Wildman–Crippen MR) is 60.0 cm³/mol. The first-order valence-electron chi connectivity index (χ1n) is 5.07. The molecule has 6 nitrogen and oxygen atoms in total. The van der Waals surface area contributed by atoms with Gasteiger partial charge in [0.2, 0.25) is 0 Å². The topological polar surface area (TPSA) is 80.7 Å². The summed E-state index contributed by atoms with van der Waals surface area (Å²) in [4.78, 5) is 27.4. The molecule has 0 fully saturated rings. The van der Waals surface area contributed by atoms with Gasteiger partial charge in [0.15, 0.2) is 0 Å². The number of nitrogens with one attached hydrogen (secondary N) is 1. The monoisotopic (exact) mass is 229 g/mol. The maximum Gasteiger partial charge on any atom is 0.271 e. The normalized spacial score (nSPS) is 9.94. The van der Waals surface area contributed by atoms with Gasteiger partial charge in [0.25, 0.3) is 5.91 Å². The molecular weight excluding hydrogens is 218 g/mol. The van der Waals surface area contributed by atoms with E-state index >= 15 is 0 Å². The van der Waals surface area contributed by atoms with Crippen molar-refractivity contribution in [2.75, 3.05) is 0 Å². The van der Waals surface area contributed by atoms with Crippen molar-refractivity contribution in [1.29, 1.82) is 0 Å². The van der Waals surface area contributed by atoms with Crippen LogP contribution >= 0.6 is 0 Å². The maximum absolute atomic E-state index is 11.6. The number of carbonyl (C=O) groups is 1. The molecule has 0 bridgehead atoms. The minimum absolute atomic E-state index is 0.269. The van der Waals surface area contributed by atoms with Gasteiger partial charge in [-0.25, -0.2) is 15.0 Å². The number of nitrogens with zero attached hydrogens (tertiary/aromatic N) is 4. The van der Waals surface area contributed by atoms with Gasteiger partial charge in [0, 0.05) is 18.1 Å². The molecule has 0 saturated carbocycles. The van der Waals surface area contributed by atoms with Gasteiger partial charge in [-0.1, -0.05) is 0 Å². The van der Waals surface area contributed by atoms with Gasteiger partial charge in [-0.2, -0.15) is 0 Å². The molecule has 86 valence electrons. The van der Waals surface area contributed by atoms with Gasteiger partial charge >= 0.3 is 0 Å². The van der Waals surface area contributed by atoms with Gasteiger partial charge < -0.3 is 5.32 Å². The highest BCUT2D eigenvalue weighted by molar-refractivity contribution is 5.91. The molecule has 6 heteroatoms. The summed E-state index contributed by atoms with van der Waals surface area (Å²) in [5.41, 5.74) is 1.91. The van der Waals surface area contributed by atoms with Crippen LogP contribution in [0.3, 0.4) is 0 Å². The van der Waals surface area contributed by atoms with Crippen molar-refractivity contribution in [2.24, 2.45) is 0 Å². The SMILES string of the molecule is Cc1cc(CNC(=O)c2cnccn2)ncn1. The van der Waals surface area contributed by atoms with Crippen LogP contribution in [0.2, 0.25) is 0 Å². The summed E-state index contributed by atoms with van der Waals surface area (Å²) < 4.78 is 0. The quantitative estimate of drug-likeness (QED) is 0.829. The predicted octanol–water partition coefficient (Wildman–Crippen LogP) is 0.505. The number of rotatable bonds is 3. The van der Waals surface area contributed by atoms with E-state index < -0.39 is 0 Å². The Kier molecular flexibility index (Phi) is 3.34. The Morgan fingerprint density at radius 2 is 2.18 bits per heavy atom. The average Bonchev–Trinajstić information content (AvgIpc) is 2.37. The number of carbonyl (C=O) groups excluding carboxylic acids is 1. The highest BCUT2D eigenvalue weighted by atomic mass is 16.1. The molecule has 1 amide bonds. The summed E-state index contributed by atoms with van der Waals surface area (Å²) in [5.74, 6) is -0.269. The number of aromatic nitrogens is 4. The number of hydrogen-bond donors (Lipinski definition) is 1. The van der Waals surface area contributed by atoms with E-state index in [0.29, 0.717) is 12.2 Å². The fraction of sp³-hybridized carbons (Fsp3) is 0.182. The Labute approximate surface area is 98.2 Å². The van der Waals surface area contributed by atoms with Gasteiger partial charge in [-0.3, -0.25) is 9.78 Å². The Bertz CT molecular complexity index is 514. The molecule has 0 aliphatic carbocycles. The minimum Gasteiger partial charge on any atom is -0.345 e. The van der Waals surface area contributed by atoms with Crippen LogP contribution in [0.5, 0.6) is 0 Å². The molecular formula is C11H11N5O. The summed E-state index contributed by atoms with van der Waals surface area (Å²) in [6, 6.07) is 1.82. The summed E-state index contributed by atoms with van der Waals surface area (Å²) in [5, 5.41) is 2.71. The maximum atomic E-state index is 11.6. The third-order valence-corrected chi connectivity index (χ3v) is 2.09. The Balaban J connectivity index is 1.97. The molecule has 0 spiro atoms. The summed E-state index contributed by atoms with van der Waals surface area (Å²) in [7, 11) is 0. The van der Waals surface area contributed by atoms with Crippen molar-refractivity contribution >= 4 is 5.91 Å². The van der Waals surface area contributed by atoms with Gasteiger partial charge in [0.05, 0.1) is 18.4 Å². The molecule has 2 rings (SSSR count). The molecule has 0 aliphatic heterocycles. The molecule has 2 aromatic rings. The van der Waals surface area contributed by atoms with Crippen LogP contribution in [-0.2, 0) is 6.54 Å². The number of amides is 1. The van der Waals surface area contributed by atoms with Gasteiger partial charge in [-0.05, 0) is 13.0 Å². The number of aryl methyl sites for hydroxylation is 1. The molecule has 0 aromatic carbocycles. The lowest BCUT2D eigenvalue weighted by molar-refractivity contribution is 0.0945. The molecule has 0 radical (unpaired) electrons. The lowest BCUT2D eigenvalue weighted by Gasteiger charge is -2.03. The zero-order valence-electron chi connectivity index (χ0n) is 9.29. The van der Waals surface area contributed by atoms with Crippen molar-refractivity contribution in [3.63, 3.8) is 0 Å². The Hall–Kier alpha value is -2.37. The van der Waals surface area contributed by atoms with Crippen LogP contribution in [-0.4, -0.2) is 25.8 Å². The van der Waals surface area contributed by atoms with E-state index in [-0.39, 0.29) is 5.91 Å². The second-order valence-corrected chi connectivity index (χ2v) is 3.42. The van der Waals surface area contributed by atoms with Crippen molar-refractivity contribution in [3.05, 3.63) is 48.1 Å². The summed E-state index contributed by atoms with van der Waals surface area (Å²) in [6.45, 7) is 2.22. The van der Waals surface area contributed by atoms with Crippen LogP contribution in [0.4, 0.5) is 0 Å². The van der Waals surface area contributed by atoms with Crippen molar-refractivity contribution in [3.8, 4) is 0 Å².